The number of para-hydroxylation sites is 2. The van der Waals surface area contributed by atoms with Crippen LogP contribution in [0.3, 0.4) is 0 Å². The highest BCUT2D eigenvalue weighted by molar-refractivity contribution is 5.77. The topological polar surface area (TPSA) is 102 Å². The zero-order valence-electron chi connectivity index (χ0n) is 18.6. The van der Waals surface area contributed by atoms with E-state index in [9.17, 15) is 13.6 Å². The molecule has 0 radical (unpaired) electrons. The van der Waals surface area contributed by atoms with Crippen molar-refractivity contribution in [3.63, 3.8) is 0 Å². The van der Waals surface area contributed by atoms with Crippen molar-refractivity contribution < 1.29 is 23.0 Å². The molecule has 1 amide bonds. The van der Waals surface area contributed by atoms with E-state index in [2.05, 4.69) is 19.9 Å². The zero-order valence-corrected chi connectivity index (χ0v) is 18.6. The largest absolute Gasteiger partial charge is 0.453 e. The minimum absolute atomic E-state index is 0.0749. The average Bonchev–Trinajstić information content (AvgIpc) is 3.29. The molecule has 2 aromatic heterocycles. The van der Waals surface area contributed by atoms with Gasteiger partial charge in [-0.15, -0.1) is 0 Å². The maximum Gasteiger partial charge on any atom is 0.409 e. The average molecular weight is 474 g/mol. The molecule has 1 aromatic carbocycles. The van der Waals surface area contributed by atoms with Crippen molar-refractivity contribution >= 4 is 29.0 Å². The van der Waals surface area contributed by atoms with Gasteiger partial charge in [-0.2, -0.15) is 15.0 Å². The molecule has 0 aliphatic carbocycles. The molecule has 5 rings (SSSR count). The van der Waals surface area contributed by atoms with Crippen LogP contribution in [-0.2, 0) is 9.47 Å². The standard InChI is InChI=1S/C21H24F2N8O3/c1-33-21(32)30-8-6-28(7-9-30)18-25-19(29-10-12-34-13-11-29)27-20(26-18)31-15-5-3-2-4-14(15)24-17(31)16(22)23/h2-5,16H,6-13H2,1H3. The Morgan fingerprint density at radius 3 is 2.18 bits per heavy atom. The summed E-state index contributed by atoms with van der Waals surface area (Å²) < 4.78 is 39.5. The lowest BCUT2D eigenvalue weighted by Crippen LogP contribution is -2.49. The number of ether oxygens (including phenoxy) is 2. The van der Waals surface area contributed by atoms with E-state index in [0.29, 0.717) is 75.4 Å². The number of imidazole rings is 1. The van der Waals surface area contributed by atoms with Crippen molar-refractivity contribution in [2.75, 3.05) is 69.4 Å². The number of methoxy groups -OCH3 is 1. The molecular weight excluding hydrogens is 450 g/mol. The predicted molar refractivity (Wildman–Crippen MR) is 119 cm³/mol. The quantitative estimate of drug-likeness (QED) is 0.561. The fraction of sp³-hybridized carbons (Fsp3) is 0.476. The SMILES string of the molecule is COC(=O)N1CCN(c2nc(N3CCOCC3)nc(-n3c(C(F)F)nc4ccccc43)n2)CC1. The lowest BCUT2D eigenvalue weighted by atomic mass is 10.3. The second kappa shape index (κ2) is 9.33. The van der Waals surface area contributed by atoms with E-state index in [0.717, 1.165) is 0 Å². The molecule has 0 atom stereocenters. The number of amides is 1. The number of fused-ring (bicyclic) bond motifs is 1. The van der Waals surface area contributed by atoms with Crippen LogP contribution in [0.2, 0.25) is 0 Å². The monoisotopic (exact) mass is 474 g/mol. The molecule has 11 nitrogen and oxygen atoms in total. The molecule has 3 aromatic rings. The van der Waals surface area contributed by atoms with Crippen LogP contribution >= 0.6 is 0 Å². The second-order valence-electron chi connectivity index (χ2n) is 7.87. The van der Waals surface area contributed by atoms with Crippen LogP contribution in [0.5, 0.6) is 0 Å². The van der Waals surface area contributed by atoms with Gasteiger partial charge in [0, 0.05) is 39.3 Å². The third-order valence-corrected chi connectivity index (χ3v) is 5.87. The summed E-state index contributed by atoms with van der Waals surface area (Å²) in [6.45, 7) is 3.97. The van der Waals surface area contributed by atoms with Gasteiger partial charge >= 0.3 is 6.09 Å². The fourth-order valence-electron chi connectivity index (χ4n) is 4.11. The molecule has 0 spiro atoms. The van der Waals surface area contributed by atoms with Crippen LogP contribution in [0.15, 0.2) is 24.3 Å². The minimum atomic E-state index is -2.82. The second-order valence-corrected chi connectivity index (χ2v) is 7.87. The highest BCUT2D eigenvalue weighted by Crippen LogP contribution is 2.28. The van der Waals surface area contributed by atoms with Gasteiger partial charge in [0.2, 0.25) is 17.8 Å². The third-order valence-electron chi connectivity index (χ3n) is 5.87. The number of rotatable bonds is 4. The van der Waals surface area contributed by atoms with Gasteiger partial charge in [0.05, 0.1) is 31.4 Å². The number of nitrogens with zero attached hydrogens (tertiary/aromatic N) is 8. The molecule has 0 saturated carbocycles. The molecule has 13 heteroatoms. The lowest BCUT2D eigenvalue weighted by molar-refractivity contribution is 0.121. The van der Waals surface area contributed by atoms with Crippen LogP contribution in [0.4, 0.5) is 25.5 Å². The van der Waals surface area contributed by atoms with Crippen LogP contribution in [-0.4, -0.2) is 95.1 Å². The molecule has 180 valence electrons. The first-order valence-corrected chi connectivity index (χ1v) is 11.0. The number of hydrogen-bond acceptors (Lipinski definition) is 9. The van der Waals surface area contributed by atoms with Gasteiger partial charge in [-0.1, -0.05) is 12.1 Å². The summed E-state index contributed by atoms with van der Waals surface area (Å²) in [6.07, 6.45) is -3.21. The van der Waals surface area contributed by atoms with Crippen LogP contribution in [0, 0.1) is 0 Å². The summed E-state index contributed by atoms with van der Waals surface area (Å²) >= 11 is 0. The number of piperazine rings is 1. The fourth-order valence-corrected chi connectivity index (χ4v) is 4.11. The normalized spacial score (nSPS) is 17.0. The Kier molecular flexibility index (Phi) is 6.09. The highest BCUT2D eigenvalue weighted by atomic mass is 19.3. The van der Waals surface area contributed by atoms with Crippen molar-refractivity contribution in [2.24, 2.45) is 0 Å². The Labute approximate surface area is 193 Å². The Morgan fingerprint density at radius 2 is 1.53 bits per heavy atom. The molecule has 2 saturated heterocycles. The van der Waals surface area contributed by atoms with Crippen molar-refractivity contribution in [1.29, 1.82) is 0 Å². The Bertz CT molecular complexity index is 1180. The molecule has 0 N–H and O–H groups in total. The van der Waals surface area contributed by atoms with Crippen molar-refractivity contribution in [3.8, 4) is 5.95 Å². The molecule has 4 heterocycles. The van der Waals surface area contributed by atoms with Gasteiger partial charge in [-0.25, -0.2) is 18.6 Å². The summed E-state index contributed by atoms with van der Waals surface area (Å²) in [6, 6.07) is 6.89. The number of morpholine rings is 1. The molecular formula is C21H24F2N8O3. The molecule has 2 fully saturated rings. The van der Waals surface area contributed by atoms with Crippen LogP contribution in [0.1, 0.15) is 12.2 Å². The number of hydrogen-bond donors (Lipinski definition) is 0. The van der Waals surface area contributed by atoms with Gasteiger partial charge in [0.25, 0.3) is 6.43 Å². The minimum Gasteiger partial charge on any atom is -0.453 e. The van der Waals surface area contributed by atoms with E-state index in [1.54, 1.807) is 29.2 Å². The molecule has 0 unspecified atom stereocenters. The Balaban J connectivity index is 1.58. The molecule has 34 heavy (non-hydrogen) atoms. The first kappa shape index (κ1) is 22.2. The van der Waals surface area contributed by atoms with Crippen molar-refractivity contribution in [1.82, 2.24) is 29.4 Å². The number of benzene rings is 1. The van der Waals surface area contributed by atoms with Crippen molar-refractivity contribution in [2.45, 2.75) is 6.43 Å². The number of carbonyl (C=O) groups excluding carboxylic acids is 1. The Hall–Kier alpha value is -3.61. The molecule has 0 bridgehead atoms. The number of aromatic nitrogens is 5. The van der Waals surface area contributed by atoms with Gasteiger partial charge in [-0.3, -0.25) is 4.57 Å². The summed E-state index contributed by atoms with van der Waals surface area (Å²) in [5.74, 6) is 0.387. The van der Waals surface area contributed by atoms with E-state index in [1.807, 2.05) is 9.80 Å². The summed E-state index contributed by atoms with van der Waals surface area (Å²) in [5, 5.41) is 0. The third kappa shape index (κ3) is 4.18. The number of carbonyl (C=O) groups is 1. The lowest BCUT2D eigenvalue weighted by Gasteiger charge is -2.34. The van der Waals surface area contributed by atoms with Gasteiger partial charge in [-0.05, 0) is 12.1 Å². The van der Waals surface area contributed by atoms with E-state index in [-0.39, 0.29) is 5.95 Å². The van der Waals surface area contributed by atoms with E-state index in [1.165, 1.54) is 11.7 Å². The number of anilines is 2. The maximum absolute atomic E-state index is 14.0. The van der Waals surface area contributed by atoms with E-state index < -0.39 is 18.3 Å². The first-order chi connectivity index (χ1) is 16.5. The predicted octanol–water partition coefficient (Wildman–Crippen LogP) is 1.87. The van der Waals surface area contributed by atoms with E-state index in [4.69, 9.17) is 9.47 Å². The van der Waals surface area contributed by atoms with Crippen LogP contribution in [0.25, 0.3) is 17.0 Å². The van der Waals surface area contributed by atoms with Gasteiger partial charge in [0.15, 0.2) is 5.82 Å². The smallest absolute Gasteiger partial charge is 0.409 e. The van der Waals surface area contributed by atoms with Crippen LogP contribution < -0.4 is 9.80 Å². The maximum atomic E-state index is 14.0. The zero-order chi connectivity index (χ0) is 23.7. The summed E-state index contributed by atoms with van der Waals surface area (Å²) in [7, 11) is 1.34. The Morgan fingerprint density at radius 1 is 0.912 bits per heavy atom. The van der Waals surface area contributed by atoms with Crippen molar-refractivity contribution in [3.05, 3.63) is 30.1 Å². The molecule has 2 aliphatic heterocycles. The van der Waals surface area contributed by atoms with Gasteiger partial charge < -0.3 is 24.2 Å². The van der Waals surface area contributed by atoms with E-state index >= 15 is 0 Å². The summed E-state index contributed by atoms with van der Waals surface area (Å²) in [4.78, 5) is 35.2. The number of alkyl halides is 2. The highest BCUT2D eigenvalue weighted by Gasteiger charge is 2.28. The summed E-state index contributed by atoms with van der Waals surface area (Å²) in [5.41, 5.74) is 0.915. The molecule has 2 aliphatic rings. The number of halogens is 2. The van der Waals surface area contributed by atoms with Gasteiger partial charge in [0.1, 0.15) is 0 Å². The first-order valence-electron chi connectivity index (χ1n) is 11.0.